The maximum atomic E-state index is 14.2. The summed E-state index contributed by atoms with van der Waals surface area (Å²) < 4.78 is 21.7. The molecule has 0 saturated carbocycles. The molecule has 0 bridgehead atoms. The number of carbonyl (C=O) groups excluding carboxylic acids is 1. The molecule has 0 spiro atoms. The second-order valence-electron chi connectivity index (χ2n) is 5.38. The first-order chi connectivity index (χ1) is 11.4. The fraction of sp³-hybridized carbons (Fsp3) is 0.188. The van der Waals surface area contributed by atoms with E-state index in [4.69, 9.17) is 4.74 Å². The van der Waals surface area contributed by atoms with Gasteiger partial charge in [-0.2, -0.15) is 0 Å². The number of benzene rings is 1. The maximum Gasteiger partial charge on any atom is 0.411 e. The summed E-state index contributed by atoms with van der Waals surface area (Å²) in [4.78, 5) is 20.1. The third kappa shape index (κ3) is 3.53. The highest BCUT2D eigenvalue weighted by molar-refractivity contribution is 9.10. The molecule has 0 fully saturated rings. The number of aromatic nitrogens is 3. The Morgan fingerprint density at radius 3 is 2.92 bits per heavy atom. The van der Waals surface area contributed by atoms with Crippen LogP contribution in [-0.4, -0.2) is 26.6 Å². The fourth-order valence-corrected chi connectivity index (χ4v) is 2.47. The Morgan fingerprint density at radius 2 is 2.17 bits per heavy atom. The summed E-state index contributed by atoms with van der Waals surface area (Å²) in [6.45, 7) is 3.49. The highest BCUT2D eigenvalue weighted by atomic mass is 79.9. The summed E-state index contributed by atoms with van der Waals surface area (Å²) >= 11 is 3.32. The predicted octanol–water partition coefficient (Wildman–Crippen LogP) is 4.25. The van der Waals surface area contributed by atoms with Gasteiger partial charge in [-0.1, -0.05) is 0 Å². The Hall–Kier alpha value is -2.48. The molecule has 0 unspecified atom stereocenters. The Balaban J connectivity index is 1.94. The summed E-state index contributed by atoms with van der Waals surface area (Å²) in [6, 6.07) is 4.24. The van der Waals surface area contributed by atoms with E-state index in [-0.39, 0.29) is 11.7 Å². The van der Waals surface area contributed by atoms with E-state index in [1.165, 1.54) is 18.2 Å². The lowest BCUT2D eigenvalue weighted by Gasteiger charge is -2.10. The third-order valence-electron chi connectivity index (χ3n) is 3.11. The van der Waals surface area contributed by atoms with Gasteiger partial charge >= 0.3 is 6.09 Å². The van der Waals surface area contributed by atoms with Crippen molar-refractivity contribution in [2.75, 3.05) is 5.32 Å². The van der Waals surface area contributed by atoms with Crippen molar-refractivity contribution >= 4 is 33.5 Å². The molecule has 6 nitrogen and oxygen atoms in total. The van der Waals surface area contributed by atoms with Crippen LogP contribution in [0.2, 0.25) is 0 Å². The minimum atomic E-state index is -0.594. The summed E-state index contributed by atoms with van der Waals surface area (Å²) in [5.74, 6) is 0.00503. The van der Waals surface area contributed by atoms with Gasteiger partial charge in [0.15, 0.2) is 0 Å². The van der Waals surface area contributed by atoms with Gasteiger partial charge < -0.3 is 4.74 Å². The predicted molar refractivity (Wildman–Crippen MR) is 91.3 cm³/mol. The van der Waals surface area contributed by atoms with Gasteiger partial charge in [0, 0.05) is 29.8 Å². The third-order valence-corrected chi connectivity index (χ3v) is 3.52. The van der Waals surface area contributed by atoms with Crippen molar-refractivity contribution in [1.29, 1.82) is 0 Å². The van der Waals surface area contributed by atoms with Gasteiger partial charge in [0.1, 0.15) is 5.82 Å². The van der Waals surface area contributed by atoms with Crippen molar-refractivity contribution in [3.8, 4) is 11.3 Å². The highest BCUT2D eigenvalue weighted by Gasteiger charge is 2.13. The topological polar surface area (TPSA) is 68.5 Å². The van der Waals surface area contributed by atoms with Crippen LogP contribution in [0.5, 0.6) is 0 Å². The van der Waals surface area contributed by atoms with E-state index in [0.717, 1.165) is 4.47 Å². The summed E-state index contributed by atoms with van der Waals surface area (Å²) in [5.41, 5.74) is 1.10. The number of nitrogens with one attached hydrogen (secondary N) is 1. The van der Waals surface area contributed by atoms with Crippen LogP contribution in [-0.2, 0) is 4.74 Å². The van der Waals surface area contributed by atoms with Gasteiger partial charge in [0.05, 0.1) is 16.3 Å². The van der Waals surface area contributed by atoms with Gasteiger partial charge in [-0.25, -0.2) is 19.2 Å². The van der Waals surface area contributed by atoms with E-state index in [0.29, 0.717) is 17.2 Å². The zero-order valence-corrected chi connectivity index (χ0v) is 14.5. The van der Waals surface area contributed by atoms with Crippen LogP contribution in [0.15, 0.2) is 41.3 Å². The number of imidazole rings is 1. The molecule has 0 aliphatic carbocycles. The van der Waals surface area contributed by atoms with Crippen molar-refractivity contribution in [1.82, 2.24) is 14.4 Å². The van der Waals surface area contributed by atoms with Crippen molar-refractivity contribution < 1.29 is 13.9 Å². The molecule has 2 heterocycles. The summed E-state index contributed by atoms with van der Waals surface area (Å²) in [6.07, 6.45) is 4.22. The van der Waals surface area contributed by atoms with Crippen LogP contribution in [0, 0.1) is 5.82 Å². The van der Waals surface area contributed by atoms with Crippen LogP contribution >= 0.6 is 15.9 Å². The molecule has 0 aliphatic heterocycles. The molecule has 24 heavy (non-hydrogen) atoms. The number of carbonyl (C=O) groups is 1. The first kappa shape index (κ1) is 16.4. The van der Waals surface area contributed by atoms with E-state index in [2.05, 4.69) is 31.2 Å². The molecule has 3 rings (SSSR count). The Kier molecular flexibility index (Phi) is 4.48. The largest absolute Gasteiger partial charge is 0.447 e. The lowest BCUT2D eigenvalue weighted by Crippen LogP contribution is -2.18. The number of nitrogens with zero attached hydrogens (tertiary/aromatic N) is 3. The number of hydrogen-bond donors (Lipinski definition) is 1. The first-order valence-corrected chi connectivity index (χ1v) is 7.99. The number of amides is 1. The minimum Gasteiger partial charge on any atom is -0.447 e. The molecule has 0 saturated heterocycles. The van der Waals surface area contributed by atoms with Gasteiger partial charge in [-0.3, -0.25) is 9.72 Å². The molecule has 0 radical (unpaired) electrons. The molecular weight excluding hydrogens is 379 g/mol. The molecule has 0 atom stereocenters. The number of rotatable bonds is 3. The van der Waals surface area contributed by atoms with Crippen LogP contribution in [0.3, 0.4) is 0 Å². The monoisotopic (exact) mass is 392 g/mol. The number of hydrogen-bond acceptors (Lipinski definition) is 4. The quantitative estimate of drug-likeness (QED) is 0.722. The van der Waals surface area contributed by atoms with Gasteiger partial charge in [0.2, 0.25) is 5.78 Å². The Labute approximate surface area is 145 Å². The summed E-state index contributed by atoms with van der Waals surface area (Å²) in [5, 5.41) is 2.57. The molecule has 0 aliphatic rings. The number of halogens is 2. The van der Waals surface area contributed by atoms with E-state index in [1.54, 1.807) is 36.8 Å². The van der Waals surface area contributed by atoms with E-state index in [9.17, 15) is 9.18 Å². The lowest BCUT2D eigenvalue weighted by atomic mass is 10.1. The first-order valence-electron chi connectivity index (χ1n) is 7.20. The molecule has 8 heteroatoms. The van der Waals surface area contributed by atoms with E-state index >= 15 is 0 Å². The second kappa shape index (κ2) is 6.56. The van der Waals surface area contributed by atoms with Crippen LogP contribution in [0.1, 0.15) is 13.8 Å². The molecule has 1 amide bonds. The average molecular weight is 393 g/mol. The van der Waals surface area contributed by atoms with Crippen LogP contribution in [0.4, 0.5) is 14.9 Å². The van der Waals surface area contributed by atoms with Crippen molar-refractivity contribution in [2.24, 2.45) is 0 Å². The van der Waals surface area contributed by atoms with Gasteiger partial charge in [0.25, 0.3) is 0 Å². The maximum absolute atomic E-state index is 14.2. The highest BCUT2D eigenvalue weighted by Crippen LogP contribution is 2.26. The van der Waals surface area contributed by atoms with Crippen LogP contribution in [0.25, 0.3) is 17.0 Å². The Morgan fingerprint density at radius 1 is 1.38 bits per heavy atom. The second-order valence-corrected chi connectivity index (χ2v) is 6.29. The molecule has 2 aromatic heterocycles. The number of anilines is 1. The fourth-order valence-electron chi connectivity index (χ4n) is 2.15. The SMILES string of the molecule is CC(C)OC(=O)Nc1ccc(F)c(-c2cn3cc(Br)cnc3n2)c1. The van der Waals surface area contributed by atoms with E-state index < -0.39 is 11.9 Å². The van der Waals surface area contributed by atoms with Crippen molar-refractivity contribution in [3.05, 3.63) is 47.1 Å². The van der Waals surface area contributed by atoms with Gasteiger partial charge in [-0.15, -0.1) is 0 Å². The molecule has 124 valence electrons. The molecule has 3 aromatic rings. The van der Waals surface area contributed by atoms with Gasteiger partial charge in [-0.05, 0) is 48.0 Å². The standard InChI is InChI=1S/C16H14BrFN4O2/c1-9(2)24-16(23)20-11-3-4-13(18)12(5-11)14-8-22-7-10(17)6-19-15(22)21-14/h3-9H,1-2H3,(H,20,23). The smallest absolute Gasteiger partial charge is 0.411 e. The summed E-state index contributed by atoms with van der Waals surface area (Å²) in [7, 11) is 0. The minimum absolute atomic E-state index is 0.243. The van der Waals surface area contributed by atoms with Crippen LogP contribution < -0.4 is 5.32 Å². The average Bonchev–Trinajstić information content (AvgIpc) is 2.91. The molecule has 1 N–H and O–H groups in total. The van der Waals surface area contributed by atoms with E-state index in [1.807, 2.05) is 0 Å². The normalized spacial score (nSPS) is 11.0. The Bertz CT molecular complexity index is 910. The number of ether oxygens (including phenoxy) is 1. The van der Waals surface area contributed by atoms with Crippen molar-refractivity contribution in [3.63, 3.8) is 0 Å². The lowest BCUT2D eigenvalue weighted by molar-refractivity contribution is 0.130. The van der Waals surface area contributed by atoms with Crippen molar-refractivity contribution in [2.45, 2.75) is 20.0 Å². The molecule has 1 aromatic carbocycles. The number of fused-ring (bicyclic) bond motifs is 1. The molecular formula is C16H14BrFN4O2. The zero-order chi connectivity index (χ0) is 17.3. The zero-order valence-electron chi connectivity index (χ0n) is 13.0.